The summed E-state index contributed by atoms with van der Waals surface area (Å²) in [7, 11) is 0. The molecule has 0 aromatic heterocycles. The Morgan fingerprint density at radius 2 is 1.81 bits per heavy atom. The molecule has 21 heavy (non-hydrogen) atoms. The van der Waals surface area contributed by atoms with Crippen LogP contribution >= 0.6 is 0 Å². The molecule has 1 saturated heterocycles. The van der Waals surface area contributed by atoms with Crippen molar-refractivity contribution in [3.63, 3.8) is 0 Å². The summed E-state index contributed by atoms with van der Waals surface area (Å²) < 4.78 is 0. The molecule has 0 spiro atoms. The van der Waals surface area contributed by atoms with Gasteiger partial charge in [0.15, 0.2) is 0 Å². The van der Waals surface area contributed by atoms with Crippen LogP contribution in [0.1, 0.15) is 40.5 Å². The van der Waals surface area contributed by atoms with Crippen LogP contribution < -0.4 is 11.1 Å². The molecule has 2 amide bonds. The van der Waals surface area contributed by atoms with Gasteiger partial charge in [-0.2, -0.15) is 0 Å². The highest BCUT2D eigenvalue weighted by Crippen LogP contribution is 2.14. The van der Waals surface area contributed by atoms with E-state index in [0.717, 1.165) is 19.5 Å². The summed E-state index contributed by atoms with van der Waals surface area (Å²) >= 11 is 0. The first-order valence-electron chi connectivity index (χ1n) is 7.86. The number of nitrogens with two attached hydrogens (primary N) is 1. The molecular formula is C15H30N4O2. The number of hydrogen-bond donors (Lipinski definition) is 2. The highest BCUT2D eigenvalue weighted by Gasteiger charge is 2.33. The summed E-state index contributed by atoms with van der Waals surface area (Å²) in [6.07, 6.45) is 1.59. The second kappa shape index (κ2) is 7.75. The van der Waals surface area contributed by atoms with Crippen molar-refractivity contribution < 1.29 is 9.59 Å². The number of piperazine rings is 1. The Balaban J connectivity index is 2.41. The Hall–Kier alpha value is -1.14. The lowest BCUT2D eigenvalue weighted by Gasteiger charge is -2.38. The van der Waals surface area contributed by atoms with E-state index in [9.17, 15) is 9.59 Å². The quantitative estimate of drug-likeness (QED) is 0.733. The van der Waals surface area contributed by atoms with Crippen LogP contribution in [0.25, 0.3) is 0 Å². The first-order chi connectivity index (χ1) is 9.76. The number of carbonyl (C=O) groups is 2. The molecule has 1 heterocycles. The van der Waals surface area contributed by atoms with Crippen molar-refractivity contribution in [2.75, 3.05) is 32.7 Å². The monoisotopic (exact) mass is 298 g/mol. The maximum Gasteiger partial charge on any atom is 0.242 e. The summed E-state index contributed by atoms with van der Waals surface area (Å²) in [5.74, 6) is 0.0649. The van der Waals surface area contributed by atoms with Crippen molar-refractivity contribution >= 4 is 11.8 Å². The van der Waals surface area contributed by atoms with Crippen molar-refractivity contribution in [1.82, 2.24) is 15.1 Å². The zero-order chi connectivity index (χ0) is 16.0. The number of nitrogens with zero attached hydrogens (tertiary/aromatic N) is 2. The molecule has 0 aliphatic carbocycles. The first-order valence-corrected chi connectivity index (χ1v) is 7.86. The molecule has 1 unspecified atom stereocenters. The standard InChI is InChI=1S/C15H30N4O2/c1-5-6-15(4,16)14(21)19-9-7-18(8-10-19)11-13(20)17-12(2)3/h12H,5-11,16H2,1-4H3,(H,17,20). The molecule has 0 aromatic carbocycles. The molecule has 0 bridgehead atoms. The summed E-state index contributed by atoms with van der Waals surface area (Å²) in [6.45, 7) is 10.9. The van der Waals surface area contributed by atoms with Gasteiger partial charge in [0.05, 0.1) is 12.1 Å². The number of rotatable bonds is 6. The molecule has 0 radical (unpaired) electrons. The zero-order valence-electron chi connectivity index (χ0n) is 13.8. The molecule has 6 heteroatoms. The van der Waals surface area contributed by atoms with Crippen LogP contribution in [0.2, 0.25) is 0 Å². The van der Waals surface area contributed by atoms with Crippen molar-refractivity contribution in [1.29, 1.82) is 0 Å². The zero-order valence-corrected chi connectivity index (χ0v) is 13.8. The lowest BCUT2D eigenvalue weighted by atomic mass is 9.95. The van der Waals surface area contributed by atoms with Gasteiger partial charge in [0, 0.05) is 32.2 Å². The van der Waals surface area contributed by atoms with Gasteiger partial charge in [-0.15, -0.1) is 0 Å². The predicted molar refractivity (Wildman–Crippen MR) is 83.8 cm³/mol. The van der Waals surface area contributed by atoms with Crippen LogP contribution in [-0.4, -0.2) is 65.9 Å². The van der Waals surface area contributed by atoms with Crippen molar-refractivity contribution in [3.8, 4) is 0 Å². The average molecular weight is 298 g/mol. The van der Waals surface area contributed by atoms with Gasteiger partial charge in [-0.05, 0) is 27.2 Å². The Morgan fingerprint density at radius 1 is 1.24 bits per heavy atom. The molecule has 6 nitrogen and oxygen atoms in total. The molecule has 1 aliphatic heterocycles. The SMILES string of the molecule is CCCC(C)(N)C(=O)N1CCN(CC(=O)NC(C)C)CC1. The topological polar surface area (TPSA) is 78.7 Å². The first kappa shape index (κ1) is 17.9. The third-order valence-corrected chi connectivity index (χ3v) is 3.73. The lowest BCUT2D eigenvalue weighted by Crippen LogP contribution is -2.58. The fraction of sp³-hybridized carbons (Fsp3) is 0.867. The van der Waals surface area contributed by atoms with Gasteiger partial charge in [-0.1, -0.05) is 13.3 Å². The molecular weight excluding hydrogens is 268 g/mol. The van der Waals surface area contributed by atoms with Crippen LogP contribution in [0.15, 0.2) is 0 Å². The van der Waals surface area contributed by atoms with Crippen molar-refractivity contribution in [3.05, 3.63) is 0 Å². The summed E-state index contributed by atoms with van der Waals surface area (Å²) in [6, 6.07) is 0.160. The van der Waals surface area contributed by atoms with E-state index in [1.54, 1.807) is 6.92 Å². The van der Waals surface area contributed by atoms with E-state index in [1.807, 2.05) is 25.7 Å². The van der Waals surface area contributed by atoms with Crippen LogP contribution in [0.5, 0.6) is 0 Å². The highest BCUT2D eigenvalue weighted by molar-refractivity contribution is 5.85. The van der Waals surface area contributed by atoms with Gasteiger partial charge in [-0.25, -0.2) is 0 Å². The Morgan fingerprint density at radius 3 is 2.29 bits per heavy atom. The van der Waals surface area contributed by atoms with E-state index < -0.39 is 5.54 Å². The van der Waals surface area contributed by atoms with Gasteiger partial charge >= 0.3 is 0 Å². The number of carbonyl (C=O) groups excluding carboxylic acids is 2. The van der Waals surface area contributed by atoms with E-state index in [0.29, 0.717) is 26.1 Å². The van der Waals surface area contributed by atoms with Crippen molar-refractivity contribution in [2.24, 2.45) is 5.73 Å². The second-order valence-corrected chi connectivity index (χ2v) is 6.46. The minimum Gasteiger partial charge on any atom is -0.353 e. The molecule has 1 fully saturated rings. The lowest BCUT2D eigenvalue weighted by molar-refractivity contribution is -0.138. The fourth-order valence-corrected chi connectivity index (χ4v) is 2.67. The average Bonchev–Trinajstić information content (AvgIpc) is 2.37. The molecule has 1 atom stereocenters. The second-order valence-electron chi connectivity index (χ2n) is 6.46. The van der Waals surface area contributed by atoms with Gasteiger partial charge < -0.3 is 16.0 Å². The highest BCUT2D eigenvalue weighted by atomic mass is 16.2. The molecule has 0 saturated carbocycles. The largest absolute Gasteiger partial charge is 0.353 e. The normalized spacial score (nSPS) is 19.4. The van der Waals surface area contributed by atoms with Crippen LogP contribution in [0.3, 0.4) is 0 Å². The third kappa shape index (κ3) is 5.63. The van der Waals surface area contributed by atoms with Crippen molar-refractivity contribution in [2.45, 2.75) is 52.1 Å². The molecule has 0 aromatic rings. The van der Waals surface area contributed by atoms with Gasteiger partial charge in [0.2, 0.25) is 11.8 Å². The number of nitrogens with one attached hydrogen (secondary N) is 1. The van der Waals surface area contributed by atoms with Crippen LogP contribution in [-0.2, 0) is 9.59 Å². The van der Waals surface area contributed by atoms with E-state index in [2.05, 4.69) is 10.2 Å². The summed E-state index contributed by atoms with van der Waals surface area (Å²) in [5, 5.41) is 2.88. The molecule has 3 N–H and O–H groups in total. The Bertz CT molecular complexity index is 361. The molecule has 122 valence electrons. The summed E-state index contributed by atoms with van der Waals surface area (Å²) in [4.78, 5) is 28.0. The molecule has 1 aliphatic rings. The number of amides is 2. The maximum absolute atomic E-state index is 12.4. The fourth-order valence-electron chi connectivity index (χ4n) is 2.67. The van der Waals surface area contributed by atoms with E-state index in [-0.39, 0.29) is 17.9 Å². The van der Waals surface area contributed by atoms with Gasteiger partial charge in [-0.3, -0.25) is 14.5 Å². The van der Waals surface area contributed by atoms with E-state index in [1.165, 1.54) is 0 Å². The smallest absolute Gasteiger partial charge is 0.242 e. The van der Waals surface area contributed by atoms with E-state index >= 15 is 0 Å². The minimum atomic E-state index is -0.772. The van der Waals surface area contributed by atoms with Crippen LogP contribution in [0.4, 0.5) is 0 Å². The predicted octanol–water partition coefficient (Wildman–Crippen LogP) is 0.173. The maximum atomic E-state index is 12.4. The Labute approximate surface area is 128 Å². The minimum absolute atomic E-state index is 0.0237. The van der Waals surface area contributed by atoms with E-state index in [4.69, 9.17) is 5.73 Å². The van der Waals surface area contributed by atoms with Crippen LogP contribution in [0, 0.1) is 0 Å². The van der Waals surface area contributed by atoms with Gasteiger partial charge in [0.1, 0.15) is 0 Å². The Kier molecular flexibility index (Phi) is 6.61. The molecule has 1 rings (SSSR count). The third-order valence-electron chi connectivity index (χ3n) is 3.73. The summed E-state index contributed by atoms with van der Waals surface area (Å²) in [5.41, 5.74) is 5.33. The number of hydrogen-bond acceptors (Lipinski definition) is 4. The van der Waals surface area contributed by atoms with Gasteiger partial charge in [0.25, 0.3) is 0 Å².